The minimum absolute atomic E-state index is 0.342. The van der Waals surface area contributed by atoms with E-state index in [2.05, 4.69) is 55.4 Å². The van der Waals surface area contributed by atoms with Gasteiger partial charge in [-0.2, -0.15) is 0 Å². The Bertz CT molecular complexity index is 2390. The summed E-state index contributed by atoms with van der Waals surface area (Å²) < 4.78 is 32.3. The Morgan fingerprint density at radius 3 is 1.25 bits per heavy atom. The monoisotopic (exact) mass is 814 g/mol. The molecule has 0 saturated carbocycles. The quantitative estimate of drug-likeness (QED) is 0.0962. The fourth-order valence-corrected chi connectivity index (χ4v) is 9.82. The molecular formula is C52H62O8. The summed E-state index contributed by atoms with van der Waals surface area (Å²) in [5, 5.41) is 12.5. The van der Waals surface area contributed by atoms with Crippen molar-refractivity contribution >= 4 is 21.9 Å². The molecule has 2 heterocycles. The Morgan fingerprint density at radius 2 is 0.883 bits per heavy atom. The molecule has 8 heteroatoms. The molecule has 2 aromatic heterocycles. The highest BCUT2D eigenvalue weighted by Gasteiger charge is 2.49. The first-order valence-corrected chi connectivity index (χ1v) is 20.9. The van der Waals surface area contributed by atoms with Gasteiger partial charge in [-0.15, -0.1) is 0 Å². The lowest BCUT2D eigenvalue weighted by atomic mass is 9.64. The molecule has 0 spiro atoms. The van der Waals surface area contributed by atoms with Gasteiger partial charge in [0.25, 0.3) is 0 Å². The summed E-state index contributed by atoms with van der Waals surface area (Å²) in [6, 6.07) is 33.9. The zero-order chi connectivity index (χ0) is 43.9. The van der Waals surface area contributed by atoms with Crippen molar-refractivity contribution in [3.05, 3.63) is 130 Å². The van der Waals surface area contributed by atoms with Gasteiger partial charge in [-0.1, -0.05) is 88.4 Å². The van der Waals surface area contributed by atoms with Gasteiger partial charge in [0, 0.05) is 29.3 Å². The van der Waals surface area contributed by atoms with Crippen LogP contribution in [0.1, 0.15) is 102 Å². The number of hydrogen-bond donors (Lipinski definition) is 1. The van der Waals surface area contributed by atoms with E-state index >= 15 is 0 Å². The highest BCUT2D eigenvalue weighted by atomic mass is 16.5. The second-order valence-electron chi connectivity index (χ2n) is 20.3. The number of benzene rings is 4. The van der Waals surface area contributed by atoms with E-state index in [0.717, 1.165) is 21.9 Å². The van der Waals surface area contributed by atoms with E-state index in [1.54, 1.807) is 26.0 Å². The summed E-state index contributed by atoms with van der Waals surface area (Å²) in [5.74, 6) is 1.19. The molecule has 0 aliphatic heterocycles. The molecule has 0 saturated heterocycles. The van der Waals surface area contributed by atoms with Gasteiger partial charge in [-0.05, 0) is 127 Å². The van der Waals surface area contributed by atoms with Crippen LogP contribution in [0.5, 0.6) is 11.5 Å². The normalized spacial score (nSPS) is 13.3. The molecule has 318 valence electrons. The van der Waals surface area contributed by atoms with Crippen LogP contribution < -0.4 is 20.7 Å². The molecule has 0 radical (unpaired) electrons. The van der Waals surface area contributed by atoms with Crippen molar-refractivity contribution in [2.24, 2.45) is 10.8 Å². The lowest BCUT2D eigenvalue weighted by Gasteiger charge is -2.52. The van der Waals surface area contributed by atoms with Crippen LogP contribution in [-0.4, -0.2) is 33.6 Å². The van der Waals surface area contributed by atoms with E-state index in [1.165, 1.54) is 0 Å². The smallest absolute Gasteiger partial charge is 0.344 e. The molecule has 0 aliphatic carbocycles. The first-order chi connectivity index (χ1) is 27.8. The molecule has 4 aromatic carbocycles. The molecular weight excluding hydrogens is 753 g/mol. The van der Waals surface area contributed by atoms with E-state index in [9.17, 15) is 14.7 Å². The van der Waals surface area contributed by atoms with E-state index in [-0.39, 0.29) is 6.10 Å². The van der Waals surface area contributed by atoms with Gasteiger partial charge < -0.3 is 28.2 Å². The number of ether oxygens (including phenoxy) is 3. The standard InChI is InChI=1S/C52H62O8/c1-47(2,31-50(7,8)58-38-25-23-36-27-40(34-19-15-13-16-20-34)44(53)56-42(36)29-38)46(60-52(11,12)33-49(5,6)55)48(3,4)32-51(9,10)59-39-26-24-37-28-41(35-21-17-14-18-22-35)45(54)57-43(37)30-39/h13-30,46,55H,31-33H2,1-12H3. The van der Waals surface area contributed by atoms with Crippen LogP contribution in [0.3, 0.4) is 0 Å². The molecule has 1 N–H and O–H groups in total. The van der Waals surface area contributed by atoms with Gasteiger partial charge in [0.1, 0.15) is 33.9 Å². The molecule has 0 unspecified atom stereocenters. The zero-order valence-corrected chi connectivity index (χ0v) is 37.4. The van der Waals surface area contributed by atoms with Gasteiger partial charge >= 0.3 is 11.3 Å². The maximum Gasteiger partial charge on any atom is 0.344 e. The molecule has 0 atom stereocenters. The summed E-state index contributed by atoms with van der Waals surface area (Å²) in [6.07, 6.45) is 1.27. The lowest BCUT2D eigenvalue weighted by molar-refractivity contribution is -0.197. The number of hydrogen-bond acceptors (Lipinski definition) is 8. The zero-order valence-electron chi connectivity index (χ0n) is 37.4. The molecule has 0 bridgehead atoms. The summed E-state index contributed by atoms with van der Waals surface area (Å²) in [7, 11) is 0. The molecule has 0 aliphatic rings. The third kappa shape index (κ3) is 10.9. The molecule has 6 aromatic rings. The Balaban J connectivity index is 1.24. The topological polar surface area (TPSA) is 108 Å². The van der Waals surface area contributed by atoms with Crippen LogP contribution in [0.25, 0.3) is 44.2 Å². The van der Waals surface area contributed by atoms with Gasteiger partial charge in [0.2, 0.25) is 0 Å². The molecule has 60 heavy (non-hydrogen) atoms. The SMILES string of the molecule is CC(C)(O)CC(C)(C)OC(C(C)(C)CC(C)(C)Oc1ccc2cc(-c3ccccc3)c(=O)oc2c1)C(C)(C)CC(C)(C)Oc1ccc2cc(-c3ccccc3)c(=O)oc2c1. The van der Waals surface area contributed by atoms with Crippen LogP contribution in [-0.2, 0) is 4.74 Å². The Hall–Kier alpha value is -5.18. The van der Waals surface area contributed by atoms with Crippen molar-refractivity contribution < 1.29 is 28.2 Å². The van der Waals surface area contributed by atoms with Gasteiger partial charge in [0.15, 0.2) is 0 Å². The van der Waals surface area contributed by atoms with Crippen LogP contribution >= 0.6 is 0 Å². The number of fused-ring (bicyclic) bond motifs is 2. The highest BCUT2D eigenvalue weighted by molar-refractivity contribution is 5.83. The van der Waals surface area contributed by atoms with Crippen LogP contribution in [0.4, 0.5) is 0 Å². The second-order valence-corrected chi connectivity index (χ2v) is 20.3. The van der Waals surface area contributed by atoms with E-state index in [4.69, 9.17) is 23.0 Å². The van der Waals surface area contributed by atoms with Crippen molar-refractivity contribution in [3.63, 3.8) is 0 Å². The predicted molar refractivity (Wildman–Crippen MR) is 242 cm³/mol. The van der Waals surface area contributed by atoms with E-state index in [1.807, 2.05) is 111 Å². The fraction of sp³-hybridized carbons (Fsp3) is 0.423. The first kappa shape index (κ1) is 44.4. The highest BCUT2D eigenvalue weighted by Crippen LogP contribution is 2.49. The molecule has 0 amide bonds. The second kappa shape index (κ2) is 16.4. The van der Waals surface area contributed by atoms with Gasteiger partial charge in [0.05, 0.1) is 28.4 Å². The predicted octanol–water partition coefficient (Wildman–Crippen LogP) is 12.4. The lowest BCUT2D eigenvalue weighted by Crippen LogP contribution is -2.54. The number of rotatable bonds is 16. The van der Waals surface area contributed by atoms with Crippen molar-refractivity contribution in [1.29, 1.82) is 0 Å². The largest absolute Gasteiger partial charge is 0.488 e. The van der Waals surface area contributed by atoms with Gasteiger partial charge in [-0.3, -0.25) is 0 Å². The van der Waals surface area contributed by atoms with Crippen molar-refractivity contribution in [2.75, 3.05) is 0 Å². The summed E-state index contributed by atoms with van der Waals surface area (Å²) in [5.41, 5.74) is -1.21. The summed E-state index contributed by atoms with van der Waals surface area (Å²) in [6.45, 7) is 24.8. The van der Waals surface area contributed by atoms with Crippen molar-refractivity contribution in [1.82, 2.24) is 0 Å². The summed E-state index contributed by atoms with van der Waals surface area (Å²) in [4.78, 5) is 26.1. The van der Waals surface area contributed by atoms with E-state index in [0.29, 0.717) is 53.1 Å². The fourth-order valence-electron chi connectivity index (χ4n) is 9.82. The average Bonchev–Trinajstić information content (AvgIpc) is 3.11. The molecule has 8 nitrogen and oxygen atoms in total. The van der Waals surface area contributed by atoms with Crippen LogP contribution in [0.2, 0.25) is 0 Å². The first-order valence-electron chi connectivity index (χ1n) is 20.9. The maximum atomic E-state index is 13.0. The van der Waals surface area contributed by atoms with Crippen LogP contribution in [0, 0.1) is 10.8 Å². The van der Waals surface area contributed by atoms with E-state index < -0.39 is 44.5 Å². The number of aliphatic hydroxyl groups is 1. The third-order valence-corrected chi connectivity index (χ3v) is 10.9. The maximum absolute atomic E-state index is 13.0. The molecule has 0 fully saturated rings. The molecule has 6 rings (SSSR count). The van der Waals surface area contributed by atoms with Crippen molar-refractivity contribution in [3.8, 4) is 33.8 Å². The third-order valence-electron chi connectivity index (χ3n) is 10.9. The Kier molecular flexibility index (Phi) is 12.1. The van der Waals surface area contributed by atoms with Crippen molar-refractivity contribution in [2.45, 2.75) is 131 Å². The minimum atomic E-state index is -0.951. The average molecular weight is 815 g/mol. The van der Waals surface area contributed by atoms with Gasteiger partial charge in [-0.25, -0.2) is 9.59 Å². The Morgan fingerprint density at radius 1 is 0.500 bits per heavy atom. The summed E-state index contributed by atoms with van der Waals surface area (Å²) >= 11 is 0. The Labute approximate surface area is 354 Å². The minimum Gasteiger partial charge on any atom is -0.488 e. The van der Waals surface area contributed by atoms with Crippen LogP contribution in [0.15, 0.2) is 128 Å².